The first-order valence-corrected chi connectivity index (χ1v) is 9.20. The van der Waals surface area contributed by atoms with E-state index >= 15 is 0 Å². The molecule has 136 valence electrons. The largest absolute Gasteiger partial charge is 0.484 e. The minimum atomic E-state index is -0.189. The highest BCUT2D eigenvalue weighted by molar-refractivity contribution is 7.13. The highest BCUT2D eigenvalue weighted by atomic mass is 35.5. The smallest absolute Gasteiger partial charge is 0.260 e. The molecule has 0 saturated carbocycles. The van der Waals surface area contributed by atoms with Crippen LogP contribution in [0.3, 0.4) is 0 Å². The summed E-state index contributed by atoms with van der Waals surface area (Å²) in [4.78, 5) is 19.0. The average molecular weight is 392 g/mol. The van der Waals surface area contributed by atoms with E-state index in [-0.39, 0.29) is 19.1 Å². The molecule has 0 N–H and O–H groups in total. The fourth-order valence-electron chi connectivity index (χ4n) is 2.36. The number of nitrogens with zero attached hydrogens (tertiary/aromatic N) is 3. The summed E-state index contributed by atoms with van der Waals surface area (Å²) in [5.74, 6) is 1.33. The Morgan fingerprint density at radius 3 is 2.73 bits per heavy atom. The van der Waals surface area contributed by atoms with Crippen LogP contribution in [-0.4, -0.2) is 34.6 Å². The Morgan fingerprint density at radius 2 is 2.08 bits per heavy atom. The van der Waals surface area contributed by atoms with Gasteiger partial charge in [0.1, 0.15) is 5.75 Å². The number of carbonyl (C=O) groups excluding carboxylic acids is 1. The molecule has 0 unspecified atom stereocenters. The van der Waals surface area contributed by atoms with Gasteiger partial charge in [0.25, 0.3) is 5.91 Å². The quantitative estimate of drug-likeness (QED) is 0.632. The molecule has 0 aliphatic carbocycles. The molecule has 0 saturated heterocycles. The third-order valence-electron chi connectivity index (χ3n) is 3.78. The number of carbonyl (C=O) groups is 1. The lowest BCUT2D eigenvalue weighted by Gasteiger charge is -2.16. The first-order chi connectivity index (χ1) is 12.4. The Morgan fingerprint density at radius 1 is 1.35 bits per heavy atom. The van der Waals surface area contributed by atoms with Crippen LogP contribution in [0.1, 0.15) is 17.0 Å². The zero-order chi connectivity index (χ0) is 18.7. The van der Waals surface area contributed by atoms with Crippen molar-refractivity contribution in [3.8, 4) is 16.5 Å². The molecule has 1 aromatic carbocycles. The Bertz CT molecular complexity index is 885. The van der Waals surface area contributed by atoms with Gasteiger partial charge in [-0.2, -0.15) is 4.98 Å². The Kier molecular flexibility index (Phi) is 5.58. The topological polar surface area (TPSA) is 68.5 Å². The molecule has 0 radical (unpaired) electrons. The van der Waals surface area contributed by atoms with Gasteiger partial charge in [-0.05, 0) is 48.6 Å². The highest BCUT2D eigenvalue weighted by Gasteiger charge is 2.16. The van der Waals surface area contributed by atoms with Crippen LogP contribution in [0, 0.1) is 13.8 Å². The van der Waals surface area contributed by atoms with Crippen LogP contribution in [0.4, 0.5) is 0 Å². The maximum absolute atomic E-state index is 12.3. The van der Waals surface area contributed by atoms with E-state index in [1.54, 1.807) is 7.05 Å². The van der Waals surface area contributed by atoms with Crippen LogP contribution in [0.15, 0.2) is 34.2 Å². The van der Waals surface area contributed by atoms with Gasteiger partial charge in [-0.1, -0.05) is 22.8 Å². The number of thiophene rings is 1. The molecule has 1 amide bonds. The van der Waals surface area contributed by atoms with Gasteiger partial charge >= 0.3 is 0 Å². The van der Waals surface area contributed by atoms with Gasteiger partial charge in [-0.3, -0.25) is 4.79 Å². The molecule has 8 heteroatoms. The second-order valence-corrected chi connectivity index (χ2v) is 7.22. The molecular formula is C18H18ClN3O3S. The summed E-state index contributed by atoms with van der Waals surface area (Å²) in [6.07, 6.45) is 0. The number of hydrogen-bond acceptors (Lipinski definition) is 6. The van der Waals surface area contributed by atoms with Crippen molar-refractivity contribution in [1.82, 2.24) is 15.0 Å². The standard InChI is InChI=1S/C18H18ClN3O3S/c1-11-7-13(8-12(2)17(11)19)24-10-16(23)22(3)9-15-20-18(21-25-15)14-5-4-6-26-14/h4-8H,9-10H2,1-3H3. The van der Waals surface area contributed by atoms with Crippen LogP contribution in [0.2, 0.25) is 5.02 Å². The first-order valence-electron chi connectivity index (χ1n) is 7.94. The van der Waals surface area contributed by atoms with Gasteiger partial charge in [-0.15, -0.1) is 11.3 Å². The molecule has 2 heterocycles. The summed E-state index contributed by atoms with van der Waals surface area (Å²) in [6.45, 7) is 3.94. The number of aromatic nitrogens is 2. The molecule has 0 bridgehead atoms. The third-order valence-corrected chi connectivity index (χ3v) is 5.24. The summed E-state index contributed by atoms with van der Waals surface area (Å²) < 4.78 is 10.8. The maximum atomic E-state index is 12.3. The van der Waals surface area contributed by atoms with E-state index in [9.17, 15) is 4.79 Å². The van der Waals surface area contributed by atoms with Gasteiger partial charge in [-0.25, -0.2) is 0 Å². The number of likely N-dealkylation sites (N-methyl/N-ethyl adjacent to an activating group) is 1. The van der Waals surface area contributed by atoms with Crippen molar-refractivity contribution in [3.63, 3.8) is 0 Å². The monoisotopic (exact) mass is 391 g/mol. The van der Waals surface area contributed by atoms with Crippen LogP contribution < -0.4 is 4.74 Å². The van der Waals surface area contributed by atoms with E-state index in [1.165, 1.54) is 16.2 Å². The molecule has 0 fully saturated rings. The van der Waals surface area contributed by atoms with Gasteiger partial charge in [0.05, 0.1) is 11.4 Å². The van der Waals surface area contributed by atoms with Crippen molar-refractivity contribution in [2.75, 3.05) is 13.7 Å². The van der Waals surface area contributed by atoms with Crippen LogP contribution in [0.25, 0.3) is 10.7 Å². The maximum Gasteiger partial charge on any atom is 0.260 e. The zero-order valence-corrected chi connectivity index (χ0v) is 16.2. The summed E-state index contributed by atoms with van der Waals surface area (Å²) in [5.41, 5.74) is 1.82. The molecule has 0 aliphatic rings. The number of aryl methyl sites for hydroxylation is 2. The normalized spacial score (nSPS) is 10.8. The van der Waals surface area contributed by atoms with E-state index in [2.05, 4.69) is 10.1 Å². The molecule has 0 atom stereocenters. The van der Waals surface area contributed by atoms with Gasteiger partial charge in [0.15, 0.2) is 6.61 Å². The van der Waals surface area contributed by atoms with E-state index in [0.717, 1.165) is 16.0 Å². The molecule has 26 heavy (non-hydrogen) atoms. The molecule has 6 nitrogen and oxygen atoms in total. The fourth-order valence-corrected chi connectivity index (χ4v) is 3.12. The van der Waals surface area contributed by atoms with Crippen molar-refractivity contribution in [1.29, 1.82) is 0 Å². The number of hydrogen-bond donors (Lipinski definition) is 0. The minimum Gasteiger partial charge on any atom is -0.484 e. The SMILES string of the molecule is Cc1cc(OCC(=O)N(C)Cc2nc(-c3cccs3)no2)cc(C)c1Cl. The Balaban J connectivity index is 1.57. The Hall–Kier alpha value is -2.38. The van der Waals surface area contributed by atoms with Gasteiger partial charge < -0.3 is 14.2 Å². The Labute approximate surface area is 160 Å². The number of benzene rings is 1. The lowest BCUT2D eigenvalue weighted by molar-refractivity contribution is -0.132. The predicted octanol–water partition coefficient (Wildman–Crippen LogP) is 4.11. The van der Waals surface area contributed by atoms with Crippen molar-refractivity contribution in [3.05, 3.63) is 51.7 Å². The van der Waals surface area contributed by atoms with E-state index in [1.807, 2.05) is 43.5 Å². The second-order valence-electron chi connectivity index (χ2n) is 5.90. The van der Waals surface area contributed by atoms with E-state index in [0.29, 0.717) is 22.5 Å². The average Bonchev–Trinajstić information content (AvgIpc) is 3.28. The predicted molar refractivity (Wildman–Crippen MR) is 101 cm³/mol. The van der Waals surface area contributed by atoms with Gasteiger partial charge in [0.2, 0.25) is 11.7 Å². The minimum absolute atomic E-state index is 0.0804. The first kappa shape index (κ1) is 18.4. The number of rotatable bonds is 6. The number of amides is 1. The van der Waals surface area contributed by atoms with Crippen molar-refractivity contribution in [2.24, 2.45) is 0 Å². The van der Waals surface area contributed by atoms with Crippen molar-refractivity contribution < 1.29 is 14.1 Å². The molecule has 3 aromatic rings. The number of ether oxygens (including phenoxy) is 1. The van der Waals surface area contributed by atoms with E-state index < -0.39 is 0 Å². The molecular weight excluding hydrogens is 374 g/mol. The molecule has 0 spiro atoms. The van der Waals surface area contributed by atoms with E-state index in [4.69, 9.17) is 20.9 Å². The van der Waals surface area contributed by atoms with Crippen LogP contribution in [-0.2, 0) is 11.3 Å². The molecule has 2 aromatic heterocycles. The van der Waals surface area contributed by atoms with Crippen LogP contribution >= 0.6 is 22.9 Å². The second kappa shape index (κ2) is 7.88. The fraction of sp³-hybridized carbons (Fsp3) is 0.278. The summed E-state index contributed by atoms with van der Waals surface area (Å²) >= 11 is 7.67. The third kappa shape index (κ3) is 4.23. The number of halogens is 1. The zero-order valence-electron chi connectivity index (χ0n) is 14.7. The summed E-state index contributed by atoms with van der Waals surface area (Å²) in [5, 5.41) is 6.59. The van der Waals surface area contributed by atoms with Crippen molar-refractivity contribution >= 4 is 28.8 Å². The van der Waals surface area contributed by atoms with Gasteiger partial charge in [0, 0.05) is 12.1 Å². The molecule has 0 aliphatic heterocycles. The summed E-state index contributed by atoms with van der Waals surface area (Å²) in [7, 11) is 1.67. The van der Waals surface area contributed by atoms with Crippen LogP contribution in [0.5, 0.6) is 5.75 Å². The molecule has 3 rings (SSSR count). The summed E-state index contributed by atoms with van der Waals surface area (Å²) in [6, 6.07) is 7.46. The lowest BCUT2D eigenvalue weighted by Crippen LogP contribution is -2.31. The highest BCUT2D eigenvalue weighted by Crippen LogP contribution is 2.26. The lowest BCUT2D eigenvalue weighted by atomic mass is 10.1. The van der Waals surface area contributed by atoms with Crippen molar-refractivity contribution in [2.45, 2.75) is 20.4 Å².